The molecule has 1 saturated heterocycles. The first kappa shape index (κ1) is 19.1. The third-order valence-electron chi connectivity index (χ3n) is 4.62. The summed E-state index contributed by atoms with van der Waals surface area (Å²) >= 11 is 1.46. The summed E-state index contributed by atoms with van der Waals surface area (Å²) in [5.41, 5.74) is 1.85. The molecule has 1 amide bonds. The minimum Gasteiger partial charge on any atom is -0.335 e. The second kappa shape index (κ2) is 7.90. The number of piperazine rings is 1. The van der Waals surface area contributed by atoms with E-state index in [1.54, 1.807) is 4.90 Å². The molecule has 0 unspecified atom stereocenters. The Morgan fingerprint density at radius 3 is 2.35 bits per heavy atom. The molecular formula is C19H24N2O3S2. The van der Waals surface area contributed by atoms with E-state index in [0.717, 1.165) is 16.0 Å². The maximum absolute atomic E-state index is 12.8. The lowest BCUT2D eigenvalue weighted by atomic mass is 10.0. The molecule has 2 aromatic rings. The topological polar surface area (TPSA) is 57.7 Å². The van der Waals surface area contributed by atoms with Crippen molar-refractivity contribution in [1.82, 2.24) is 9.21 Å². The van der Waals surface area contributed by atoms with E-state index in [0.29, 0.717) is 32.1 Å². The van der Waals surface area contributed by atoms with Crippen LogP contribution in [0.2, 0.25) is 0 Å². The molecule has 0 atom stereocenters. The first-order chi connectivity index (χ1) is 12.4. The van der Waals surface area contributed by atoms with Gasteiger partial charge >= 0.3 is 0 Å². The maximum Gasteiger partial charge on any atom is 0.264 e. The van der Waals surface area contributed by atoms with Gasteiger partial charge in [0.05, 0.1) is 10.6 Å². The Labute approximate surface area is 159 Å². The third-order valence-corrected chi connectivity index (χ3v) is 7.39. The molecule has 3 rings (SSSR count). The molecule has 0 aliphatic carbocycles. The van der Waals surface area contributed by atoms with Crippen molar-refractivity contribution in [2.75, 3.05) is 26.2 Å². The van der Waals surface area contributed by atoms with E-state index in [1.807, 2.05) is 41.8 Å². The summed E-state index contributed by atoms with van der Waals surface area (Å²) in [6.07, 6.45) is 0. The average Bonchev–Trinajstić information content (AvgIpc) is 3.12. The zero-order valence-electron chi connectivity index (χ0n) is 15.1. The van der Waals surface area contributed by atoms with Crippen LogP contribution >= 0.6 is 11.3 Å². The largest absolute Gasteiger partial charge is 0.335 e. The number of rotatable bonds is 5. The highest BCUT2D eigenvalue weighted by Crippen LogP contribution is 2.26. The summed E-state index contributed by atoms with van der Waals surface area (Å²) in [6, 6.07) is 11.2. The van der Waals surface area contributed by atoms with Crippen LogP contribution in [0.25, 0.3) is 0 Å². The van der Waals surface area contributed by atoms with Gasteiger partial charge in [-0.25, -0.2) is 8.42 Å². The van der Waals surface area contributed by atoms with Crippen LogP contribution in [-0.4, -0.2) is 49.7 Å². The lowest BCUT2D eigenvalue weighted by Gasteiger charge is -2.34. The van der Waals surface area contributed by atoms with Crippen LogP contribution in [0, 0.1) is 0 Å². The fourth-order valence-electron chi connectivity index (χ4n) is 3.14. The first-order valence-corrected chi connectivity index (χ1v) is 11.3. The molecule has 0 bridgehead atoms. The van der Waals surface area contributed by atoms with Gasteiger partial charge < -0.3 is 4.90 Å². The Kier molecular flexibility index (Phi) is 5.79. The van der Waals surface area contributed by atoms with Crippen LogP contribution in [0.4, 0.5) is 0 Å². The lowest BCUT2D eigenvalue weighted by molar-refractivity contribution is 0.0701. The van der Waals surface area contributed by atoms with Crippen molar-refractivity contribution in [2.24, 2.45) is 0 Å². The van der Waals surface area contributed by atoms with Crippen molar-refractivity contribution in [2.45, 2.75) is 25.5 Å². The number of benzene rings is 1. The number of hydrogen-bond donors (Lipinski definition) is 0. The highest BCUT2D eigenvalue weighted by molar-refractivity contribution is 7.88. The highest BCUT2D eigenvalue weighted by Gasteiger charge is 2.30. The molecule has 0 radical (unpaired) electrons. The first-order valence-electron chi connectivity index (χ1n) is 8.77. The molecule has 1 fully saturated rings. The number of thiophene rings is 1. The molecule has 2 heterocycles. The summed E-state index contributed by atoms with van der Waals surface area (Å²) in [6.45, 7) is 5.72. The molecule has 26 heavy (non-hydrogen) atoms. The molecule has 1 aliphatic rings. The molecule has 0 spiro atoms. The van der Waals surface area contributed by atoms with Crippen molar-refractivity contribution in [3.05, 3.63) is 57.8 Å². The van der Waals surface area contributed by atoms with E-state index >= 15 is 0 Å². The van der Waals surface area contributed by atoms with E-state index in [9.17, 15) is 13.2 Å². The van der Waals surface area contributed by atoms with Gasteiger partial charge in [-0.2, -0.15) is 4.31 Å². The summed E-state index contributed by atoms with van der Waals surface area (Å²) < 4.78 is 26.8. The van der Waals surface area contributed by atoms with Crippen molar-refractivity contribution in [3.63, 3.8) is 0 Å². The number of amides is 1. The number of hydrogen-bond acceptors (Lipinski definition) is 4. The predicted octanol–water partition coefficient (Wildman–Crippen LogP) is 3.16. The van der Waals surface area contributed by atoms with Crippen LogP contribution in [0.15, 0.2) is 41.8 Å². The Bertz CT molecular complexity index is 852. The molecule has 0 saturated carbocycles. The number of sulfonamides is 1. The fraction of sp³-hybridized carbons (Fsp3) is 0.421. The van der Waals surface area contributed by atoms with Gasteiger partial charge in [-0.1, -0.05) is 44.2 Å². The minimum atomic E-state index is -3.36. The number of carbonyl (C=O) groups is 1. The number of carbonyl (C=O) groups excluding carboxylic acids is 1. The van der Waals surface area contributed by atoms with Crippen molar-refractivity contribution >= 4 is 27.3 Å². The smallest absolute Gasteiger partial charge is 0.264 e. The molecular weight excluding hydrogens is 368 g/mol. The Morgan fingerprint density at radius 1 is 1.08 bits per heavy atom. The Hall–Kier alpha value is -1.70. The van der Waals surface area contributed by atoms with Gasteiger partial charge in [-0.3, -0.25) is 4.79 Å². The van der Waals surface area contributed by atoms with Gasteiger partial charge in [-0.05, 0) is 28.5 Å². The highest BCUT2D eigenvalue weighted by atomic mass is 32.2. The minimum absolute atomic E-state index is 0.00418. The molecule has 140 valence electrons. The third kappa shape index (κ3) is 4.16. The summed E-state index contributed by atoms with van der Waals surface area (Å²) in [5, 5.41) is 1.95. The molecule has 7 heteroatoms. The van der Waals surface area contributed by atoms with Gasteiger partial charge in [-0.15, -0.1) is 11.3 Å². The summed E-state index contributed by atoms with van der Waals surface area (Å²) in [7, 11) is -3.36. The van der Waals surface area contributed by atoms with Crippen LogP contribution in [-0.2, 0) is 15.8 Å². The molecule has 1 aliphatic heterocycles. The molecule has 5 nitrogen and oxygen atoms in total. The van der Waals surface area contributed by atoms with Crippen LogP contribution < -0.4 is 0 Å². The van der Waals surface area contributed by atoms with Gasteiger partial charge in [0, 0.05) is 26.2 Å². The predicted molar refractivity (Wildman–Crippen MR) is 105 cm³/mol. The zero-order valence-corrected chi connectivity index (χ0v) is 16.7. The lowest BCUT2D eigenvalue weighted by Crippen LogP contribution is -2.50. The zero-order chi connectivity index (χ0) is 18.7. The monoisotopic (exact) mass is 392 g/mol. The average molecular weight is 393 g/mol. The van der Waals surface area contributed by atoms with Gasteiger partial charge in [0.2, 0.25) is 10.0 Å². The molecule has 1 aromatic carbocycles. The summed E-state index contributed by atoms with van der Waals surface area (Å²) in [4.78, 5) is 15.4. The second-order valence-electron chi connectivity index (χ2n) is 6.79. The number of nitrogens with zero attached hydrogens (tertiary/aromatic N) is 2. The van der Waals surface area contributed by atoms with Crippen LogP contribution in [0.1, 0.15) is 40.6 Å². The van der Waals surface area contributed by atoms with E-state index in [-0.39, 0.29) is 11.7 Å². The van der Waals surface area contributed by atoms with Gasteiger partial charge in [0.15, 0.2) is 0 Å². The van der Waals surface area contributed by atoms with E-state index in [1.165, 1.54) is 15.6 Å². The Balaban J connectivity index is 1.63. The molecule has 1 aromatic heterocycles. The van der Waals surface area contributed by atoms with E-state index < -0.39 is 10.0 Å². The normalized spacial score (nSPS) is 16.2. The fourth-order valence-corrected chi connectivity index (χ4v) is 5.67. The van der Waals surface area contributed by atoms with Gasteiger partial charge in [0.1, 0.15) is 0 Å². The van der Waals surface area contributed by atoms with E-state index in [4.69, 9.17) is 0 Å². The quantitative estimate of drug-likeness (QED) is 0.785. The van der Waals surface area contributed by atoms with Crippen LogP contribution in [0.3, 0.4) is 0 Å². The van der Waals surface area contributed by atoms with Crippen molar-refractivity contribution < 1.29 is 13.2 Å². The second-order valence-corrected chi connectivity index (χ2v) is 9.68. The summed E-state index contributed by atoms with van der Waals surface area (Å²) in [5.74, 6) is 0.320. The van der Waals surface area contributed by atoms with Crippen LogP contribution in [0.5, 0.6) is 0 Å². The van der Waals surface area contributed by atoms with Gasteiger partial charge in [0.25, 0.3) is 5.91 Å². The SMILES string of the molecule is CC(C)c1ccsc1C(=O)N1CCN(S(=O)(=O)Cc2ccccc2)CC1. The maximum atomic E-state index is 12.8. The molecule has 0 N–H and O–H groups in total. The standard InChI is InChI=1S/C19H24N2O3S2/c1-15(2)17-8-13-25-18(17)19(22)20-9-11-21(12-10-20)26(23,24)14-16-6-4-3-5-7-16/h3-8,13,15H,9-12,14H2,1-2H3. The Morgan fingerprint density at radius 2 is 1.73 bits per heavy atom. The van der Waals surface area contributed by atoms with Crippen molar-refractivity contribution in [3.8, 4) is 0 Å². The van der Waals surface area contributed by atoms with Crippen molar-refractivity contribution in [1.29, 1.82) is 0 Å². The van der Waals surface area contributed by atoms with E-state index in [2.05, 4.69) is 13.8 Å².